The molecule has 1 N–H and O–H groups in total. The van der Waals surface area contributed by atoms with Crippen molar-refractivity contribution in [1.29, 1.82) is 0 Å². The Labute approximate surface area is 208 Å². The highest BCUT2D eigenvalue weighted by Gasteiger charge is 2.32. The zero-order valence-corrected chi connectivity index (χ0v) is 22.0. The number of anilines is 1. The Morgan fingerprint density at radius 2 is 1.71 bits per heavy atom. The van der Waals surface area contributed by atoms with Gasteiger partial charge >= 0.3 is 0 Å². The van der Waals surface area contributed by atoms with E-state index in [9.17, 15) is 22.4 Å². The Morgan fingerprint density at radius 3 is 2.29 bits per heavy atom. The quantitative estimate of drug-likeness (QED) is 0.443. The van der Waals surface area contributed by atoms with Crippen LogP contribution in [0.15, 0.2) is 42.5 Å². The van der Waals surface area contributed by atoms with Crippen molar-refractivity contribution >= 4 is 27.5 Å². The second kappa shape index (κ2) is 12.7. The third-order valence-corrected chi connectivity index (χ3v) is 7.13. The van der Waals surface area contributed by atoms with Crippen LogP contribution in [0.5, 0.6) is 0 Å². The lowest BCUT2D eigenvalue weighted by molar-refractivity contribution is -0.140. The number of rotatable bonds is 12. The van der Waals surface area contributed by atoms with Gasteiger partial charge in [0, 0.05) is 13.1 Å². The van der Waals surface area contributed by atoms with Crippen LogP contribution >= 0.6 is 0 Å². The summed E-state index contributed by atoms with van der Waals surface area (Å²) >= 11 is 0. The number of unbranched alkanes of at least 4 members (excludes halogenated alkanes) is 1. The lowest BCUT2D eigenvalue weighted by atomic mass is 10.1. The fourth-order valence-corrected chi connectivity index (χ4v) is 4.71. The maximum atomic E-state index is 13.6. The standard InChI is InChI=1S/C26H36FN3O4S/c1-6-8-16-28-26(32)23(7-2)29(17-21-12-14-22(27)15-13-21)25(31)18-30(35(5,33)34)24-11-9-10-19(3)20(24)4/h9-15,23H,6-8,16-18H2,1-5H3,(H,28,32)/t23-/m0/s1. The number of aryl methyl sites for hydroxylation is 1. The van der Waals surface area contributed by atoms with Gasteiger partial charge in [-0.1, -0.05) is 44.5 Å². The molecule has 2 rings (SSSR count). The van der Waals surface area contributed by atoms with Crippen molar-refractivity contribution in [1.82, 2.24) is 10.2 Å². The molecule has 192 valence electrons. The Kier molecular flexibility index (Phi) is 10.2. The number of benzene rings is 2. The van der Waals surface area contributed by atoms with Crippen molar-refractivity contribution in [2.75, 3.05) is 23.7 Å². The molecule has 7 nitrogen and oxygen atoms in total. The summed E-state index contributed by atoms with van der Waals surface area (Å²) in [6.45, 7) is 7.57. The molecule has 0 saturated carbocycles. The van der Waals surface area contributed by atoms with Gasteiger partial charge in [0.2, 0.25) is 21.8 Å². The van der Waals surface area contributed by atoms with E-state index in [-0.39, 0.29) is 12.5 Å². The summed E-state index contributed by atoms with van der Waals surface area (Å²) in [6, 6.07) is 10.2. The first-order valence-corrected chi connectivity index (χ1v) is 13.7. The van der Waals surface area contributed by atoms with Gasteiger partial charge in [-0.25, -0.2) is 12.8 Å². The van der Waals surface area contributed by atoms with Crippen molar-refractivity contribution < 1.29 is 22.4 Å². The zero-order valence-electron chi connectivity index (χ0n) is 21.2. The third kappa shape index (κ3) is 7.78. The fraction of sp³-hybridized carbons (Fsp3) is 0.462. The predicted molar refractivity (Wildman–Crippen MR) is 137 cm³/mol. The van der Waals surface area contributed by atoms with Crippen LogP contribution in [-0.4, -0.2) is 50.5 Å². The number of hydrogen-bond acceptors (Lipinski definition) is 4. The topological polar surface area (TPSA) is 86.8 Å². The van der Waals surface area contributed by atoms with Gasteiger partial charge < -0.3 is 10.2 Å². The molecule has 0 fully saturated rings. The molecule has 2 aromatic rings. The van der Waals surface area contributed by atoms with Crippen LogP contribution in [0, 0.1) is 19.7 Å². The molecule has 9 heteroatoms. The molecule has 0 aliphatic heterocycles. The largest absolute Gasteiger partial charge is 0.354 e. The summed E-state index contributed by atoms with van der Waals surface area (Å²) in [7, 11) is -3.80. The number of hydrogen-bond donors (Lipinski definition) is 1. The van der Waals surface area contributed by atoms with E-state index in [2.05, 4.69) is 5.32 Å². The van der Waals surface area contributed by atoms with E-state index in [4.69, 9.17) is 0 Å². The molecule has 0 saturated heterocycles. The summed E-state index contributed by atoms with van der Waals surface area (Å²) in [4.78, 5) is 28.0. The fourth-order valence-electron chi connectivity index (χ4n) is 3.81. The maximum absolute atomic E-state index is 13.6. The van der Waals surface area contributed by atoms with Crippen LogP contribution in [0.2, 0.25) is 0 Å². The van der Waals surface area contributed by atoms with Crippen molar-refractivity contribution in [3.05, 3.63) is 65.0 Å². The number of sulfonamides is 1. The summed E-state index contributed by atoms with van der Waals surface area (Å²) in [5, 5.41) is 2.87. The molecular weight excluding hydrogens is 469 g/mol. The molecule has 1 atom stereocenters. The molecule has 0 aliphatic carbocycles. The van der Waals surface area contributed by atoms with Crippen molar-refractivity contribution in [2.24, 2.45) is 0 Å². The first-order chi connectivity index (χ1) is 16.5. The van der Waals surface area contributed by atoms with Crippen molar-refractivity contribution in [3.63, 3.8) is 0 Å². The SMILES string of the molecule is CCCCNC(=O)[C@H](CC)N(Cc1ccc(F)cc1)C(=O)CN(c1cccc(C)c1C)S(C)(=O)=O. The molecule has 0 radical (unpaired) electrons. The average molecular weight is 506 g/mol. The smallest absolute Gasteiger partial charge is 0.244 e. The van der Waals surface area contributed by atoms with Gasteiger partial charge in [0.15, 0.2) is 0 Å². The minimum atomic E-state index is -3.80. The zero-order chi connectivity index (χ0) is 26.2. The van der Waals surface area contributed by atoms with Crippen LogP contribution in [0.4, 0.5) is 10.1 Å². The van der Waals surface area contributed by atoms with E-state index in [1.807, 2.05) is 19.9 Å². The number of carbonyl (C=O) groups excluding carboxylic acids is 2. The van der Waals surface area contributed by atoms with Gasteiger partial charge in [-0.2, -0.15) is 0 Å². The highest BCUT2D eigenvalue weighted by atomic mass is 32.2. The van der Waals surface area contributed by atoms with Crippen LogP contribution in [0.3, 0.4) is 0 Å². The summed E-state index contributed by atoms with van der Waals surface area (Å²) in [6.07, 6.45) is 3.12. The normalized spacial score (nSPS) is 12.2. The molecule has 2 amide bonds. The lowest BCUT2D eigenvalue weighted by Gasteiger charge is -2.33. The van der Waals surface area contributed by atoms with Crippen molar-refractivity contribution in [2.45, 2.75) is 59.5 Å². The molecule has 0 spiro atoms. The number of carbonyl (C=O) groups is 2. The predicted octanol–water partition coefficient (Wildman–Crippen LogP) is 3.93. The molecule has 0 aliphatic rings. The molecule has 2 aromatic carbocycles. The second-order valence-corrected chi connectivity index (χ2v) is 10.6. The van der Waals surface area contributed by atoms with E-state index < -0.39 is 34.3 Å². The van der Waals surface area contributed by atoms with Gasteiger partial charge in [0.25, 0.3) is 0 Å². The van der Waals surface area contributed by atoms with E-state index in [1.54, 1.807) is 38.1 Å². The van der Waals surface area contributed by atoms with E-state index >= 15 is 0 Å². The van der Waals surface area contributed by atoms with Crippen LogP contribution in [0.1, 0.15) is 49.8 Å². The number of amides is 2. The Balaban J connectivity index is 2.43. The molecule has 0 heterocycles. The van der Waals surface area contributed by atoms with E-state index in [0.29, 0.717) is 24.2 Å². The minimum Gasteiger partial charge on any atom is -0.354 e. The highest BCUT2D eigenvalue weighted by molar-refractivity contribution is 7.92. The van der Waals surface area contributed by atoms with Gasteiger partial charge in [-0.3, -0.25) is 13.9 Å². The van der Waals surface area contributed by atoms with Gasteiger partial charge in [-0.05, 0) is 61.6 Å². The molecule has 0 unspecified atom stereocenters. The van der Waals surface area contributed by atoms with Gasteiger partial charge in [0.1, 0.15) is 18.4 Å². The maximum Gasteiger partial charge on any atom is 0.244 e. The first kappa shape index (κ1) is 28.3. The summed E-state index contributed by atoms with van der Waals surface area (Å²) in [5.74, 6) is -1.22. The number of nitrogens with zero attached hydrogens (tertiary/aromatic N) is 2. The lowest BCUT2D eigenvalue weighted by Crippen LogP contribution is -2.52. The monoisotopic (exact) mass is 505 g/mol. The molecular formula is C26H36FN3O4S. The Morgan fingerprint density at radius 1 is 1.06 bits per heavy atom. The van der Waals surface area contributed by atoms with Crippen LogP contribution < -0.4 is 9.62 Å². The first-order valence-electron chi connectivity index (χ1n) is 11.8. The third-order valence-electron chi connectivity index (χ3n) is 6.01. The highest BCUT2D eigenvalue weighted by Crippen LogP contribution is 2.25. The second-order valence-electron chi connectivity index (χ2n) is 8.71. The van der Waals surface area contributed by atoms with Gasteiger partial charge in [-0.15, -0.1) is 0 Å². The van der Waals surface area contributed by atoms with Crippen molar-refractivity contribution in [3.8, 4) is 0 Å². The minimum absolute atomic E-state index is 0.0449. The Hall–Kier alpha value is -2.94. The molecule has 0 bridgehead atoms. The molecule has 35 heavy (non-hydrogen) atoms. The number of halogens is 1. The molecule has 0 aromatic heterocycles. The average Bonchev–Trinajstić information content (AvgIpc) is 2.80. The summed E-state index contributed by atoms with van der Waals surface area (Å²) < 4.78 is 40.0. The van der Waals surface area contributed by atoms with Crippen LogP contribution in [-0.2, 0) is 26.2 Å². The van der Waals surface area contributed by atoms with Crippen LogP contribution in [0.25, 0.3) is 0 Å². The van der Waals surface area contributed by atoms with E-state index in [1.165, 1.54) is 17.0 Å². The Bertz CT molecular complexity index is 1120. The van der Waals surface area contributed by atoms with Gasteiger partial charge in [0.05, 0.1) is 11.9 Å². The number of nitrogens with one attached hydrogen (secondary N) is 1. The van der Waals surface area contributed by atoms with E-state index in [0.717, 1.165) is 34.5 Å². The summed E-state index contributed by atoms with van der Waals surface area (Å²) in [5.41, 5.74) is 2.70.